The summed E-state index contributed by atoms with van der Waals surface area (Å²) in [5.41, 5.74) is 2.27. The minimum Gasteiger partial charge on any atom is -0.497 e. The molecule has 1 aromatic heterocycles. The van der Waals surface area contributed by atoms with E-state index in [1.54, 1.807) is 7.11 Å². The van der Waals surface area contributed by atoms with Crippen molar-refractivity contribution in [3.05, 3.63) is 60.2 Å². The SMILES string of the molecule is COc1ccc(Oc2ccc3cc(CN4CCNCC4)ccc3n2)cc1. The number of methoxy groups -OCH3 is 1. The molecule has 5 heteroatoms. The molecule has 3 aromatic rings. The Morgan fingerprint density at radius 3 is 2.50 bits per heavy atom. The summed E-state index contributed by atoms with van der Waals surface area (Å²) >= 11 is 0. The maximum absolute atomic E-state index is 5.86. The van der Waals surface area contributed by atoms with Crippen LogP contribution >= 0.6 is 0 Å². The number of hydrogen-bond donors (Lipinski definition) is 1. The molecule has 1 aliphatic heterocycles. The van der Waals surface area contributed by atoms with E-state index in [2.05, 4.69) is 39.5 Å². The van der Waals surface area contributed by atoms with Crippen molar-refractivity contribution in [3.8, 4) is 17.4 Å². The van der Waals surface area contributed by atoms with Crippen molar-refractivity contribution in [2.75, 3.05) is 33.3 Å². The monoisotopic (exact) mass is 349 g/mol. The number of rotatable bonds is 5. The molecule has 5 nitrogen and oxygen atoms in total. The van der Waals surface area contributed by atoms with Crippen LogP contribution in [0.5, 0.6) is 17.4 Å². The van der Waals surface area contributed by atoms with Crippen LogP contribution < -0.4 is 14.8 Å². The van der Waals surface area contributed by atoms with Crippen LogP contribution in [0.2, 0.25) is 0 Å². The number of hydrogen-bond acceptors (Lipinski definition) is 5. The molecule has 0 unspecified atom stereocenters. The predicted molar refractivity (Wildman–Crippen MR) is 103 cm³/mol. The number of pyridine rings is 1. The highest BCUT2D eigenvalue weighted by Gasteiger charge is 2.10. The largest absolute Gasteiger partial charge is 0.497 e. The highest BCUT2D eigenvalue weighted by atomic mass is 16.5. The fourth-order valence-electron chi connectivity index (χ4n) is 3.20. The third kappa shape index (κ3) is 3.95. The average molecular weight is 349 g/mol. The van der Waals surface area contributed by atoms with Crippen molar-refractivity contribution >= 4 is 10.9 Å². The van der Waals surface area contributed by atoms with E-state index in [1.807, 2.05) is 30.3 Å². The first kappa shape index (κ1) is 16.8. The standard InChI is InChI=1S/C21H23N3O2/c1-25-18-4-6-19(7-5-18)26-21-9-3-17-14-16(2-8-20(17)23-21)15-24-12-10-22-11-13-24/h2-9,14,22H,10-13,15H2,1H3. The lowest BCUT2D eigenvalue weighted by molar-refractivity contribution is 0.233. The van der Waals surface area contributed by atoms with Crippen LogP contribution in [0.1, 0.15) is 5.56 Å². The van der Waals surface area contributed by atoms with Gasteiger partial charge < -0.3 is 14.8 Å². The molecule has 0 atom stereocenters. The van der Waals surface area contributed by atoms with E-state index in [0.29, 0.717) is 5.88 Å². The fraction of sp³-hybridized carbons (Fsp3) is 0.286. The Hall–Kier alpha value is -2.63. The van der Waals surface area contributed by atoms with E-state index in [4.69, 9.17) is 9.47 Å². The molecule has 0 aliphatic carbocycles. The number of benzene rings is 2. The first-order valence-corrected chi connectivity index (χ1v) is 8.95. The van der Waals surface area contributed by atoms with Gasteiger partial charge in [-0.2, -0.15) is 0 Å². The molecule has 2 aromatic carbocycles. The molecule has 0 saturated carbocycles. The molecule has 1 N–H and O–H groups in total. The summed E-state index contributed by atoms with van der Waals surface area (Å²) in [4.78, 5) is 7.10. The van der Waals surface area contributed by atoms with Crippen LogP contribution in [0.4, 0.5) is 0 Å². The predicted octanol–water partition coefficient (Wildman–Crippen LogP) is 3.44. The number of piperazine rings is 1. The minimum atomic E-state index is 0.595. The van der Waals surface area contributed by atoms with Gasteiger partial charge in [0, 0.05) is 44.2 Å². The average Bonchev–Trinajstić information content (AvgIpc) is 2.69. The Bertz CT molecular complexity index is 874. The zero-order valence-corrected chi connectivity index (χ0v) is 14.9. The van der Waals surface area contributed by atoms with Gasteiger partial charge in [-0.3, -0.25) is 4.90 Å². The molecule has 0 bridgehead atoms. The Balaban J connectivity index is 1.48. The number of nitrogens with zero attached hydrogens (tertiary/aromatic N) is 2. The highest BCUT2D eigenvalue weighted by molar-refractivity contribution is 5.79. The molecular weight excluding hydrogens is 326 g/mol. The highest BCUT2D eigenvalue weighted by Crippen LogP contribution is 2.25. The van der Waals surface area contributed by atoms with Gasteiger partial charge in [-0.1, -0.05) is 6.07 Å². The van der Waals surface area contributed by atoms with Gasteiger partial charge in [0.05, 0.1) is 12.6 Å². The van der Waals surface area contributed by atoms with Crippen molar-refractivity contribution in [2.45, 2.75) is 6.54 Å². The zero-order valence-electron chi connectivity index (χ0n) is 14.9. The maximum Gasteiger partial charge on any atom is 0.219 e. The van der Waals surface area contributed by atoms with E-state index in [-0.39, 0.29) is 0 Å². The van der Waals surface area contributed by atoms with Gasteiger partial charge in [-0.15, -0.1) is 0 Å². The molecule has 0 radical (unpaired) electrons. The Morgan fingerprint density at radius 1 is 0.962 bits per heavy atom. The molecule has 134 valence electrons. The second-order valence-corrected chi connectivity index (χ2v) is 6.48. The van der Waals surface area contributed by atoms with E-state index in [9.17, 15) is 0 Å². The van der Waals surface area contributed by atoms with Crippen molar-refractivity contribution in [2.24, 2.45) is 0 Å². The summed E-state index contributed by atoms with van der Waals surface area (Å²) in [6, 6.07) is 18.0. The molecule has 2 heterocycles. The van der Waals surface area contributed by atoms with Crippen LogP contribution in [0.3, 0.4) is 0 Å². The van der Waals surface area contributed by atoms with Gasteiger partial charge in [0.15, 0.2) is 0 Å². The van der Waals surface area contributed by atoms with Crippen molar-refractivity contribution < 1.29 is 9.47 Å². The fourth-order valence-corrected chi connectivity index (χ4v) is 3.20. The smallest absolute Gasteiger partial charge is 0.219 e. The van der Waals surface area contributed by atoms with Crippen LogP contribution in [-0.4, -0.2) is 43.2 Å². The van der Waals surface area contributed by atoms with E-state index >= 15 is 0 Å². The summed E-state index contributed by atoms with van der Waals surface area (Å²) in [6.45, 7) is 5.33. The van der Waals surface area contributed by atoms with Gasteiger partial charge in [-0.25, -0.2) is 4.98 Å². The van der Waals surface area contributed by atoms with Gasteiger partial charge in [0.1, 0.15) is 11.5 Å². The van der Waals surface area contributed by atoms with Crippen molar-refractivity contribution in [3.63, 3.8) is 0 Å². The lowest BCUT2D eigenvalue weighted by Gasteiger charge is -2.27. The minimum absolute atomic E-state index is 0.595. The van der Waals surface area contributed by atoms with E-state index in [1.165, 1.54) is 5.56 Å². The lowest BCUT2D eigenvalue weighted by atomic mass is 10.1. The molecule has 0 amide bonds. The molecule has 1 aliphatic rings. The molecule has 1 saturated heterocycles. The Kier molecular flexibility index (Phi) is 5.00. The van der Waals surface area contributed by atoms with Gasteiger partial charge in [0.25, 0.3) is 0 Å². The molecule has 26 heavy (non-hydrogen) atoms. The third-order valence-electron chi connectivity index (χ3n) is 4.63. The number of fused-ring (bicyclic) bond motifs is 1. The molecule has 4 rings (SSSR count). The number of aromatic nitrogens is 1. The van der Waals surface area contributed by atoms with Crippen LogP contribution in [0.15, 0.2) is 54.6 Å². The second kappa shape index (κ2) is 7.72. The maximum atomic E-state index is 5.86. The van der Waals surface area contributed by atoms with Crippen LogP contribution in [0, 0.1) is 0 Å². The molecule has 0 spiro atoms. The van der Waals surface area contributed by atoms with Crippen molar-refractivity contribution in [1.29, 1.82) is 0 Å². The van der Waals surface area contributed by atoms with Gasteiger partial charge in [0.2, 0.25) is 5.88 Å². The number of nitrogens with one attached hydrogen (secondary N) is 1. The Labute approximate surface area is 153 Å². The summed E-state index contributed by atoms with van der Waals surface area (Å²) < 4.78 is 11.0. The molecule has 1 fully saturated rings. The summed E-state index contributed by atoms with van der Waals surface area (Å²) in [7, 11) is 1.65. The van der Waals surface area contributed by atoms with Gasteiger partial charge >= 0.3 is 0 Å². The normalized spacial score (nSPS) is 15.1. The van der Waals surface area contributed by atoms with Crippen LogP contribution in [-0.2, 0) is 6.54 Å². The summed E-state index contributed by atoms with van der Waals surface area (Å²) in [6.07, 6.45) is 0. The zero-order chi connectivity index (χ0) is 17.8. The molecular formula is C21H23N3O2. The first-order valence-electron chi connectivity index (χ1n) is 8.95. The van der Waals surface area contributed by atoms with Crippen LogP contribution in [0.25, 0.3) is 10.9 Å². The second-order valence-electron chi connectivity index (χ2n) is 6.48. The van der Waals surface area contributed by atoms with E-state index in [0.717, 1.165) is 55.1 Å². The van der Waals surface area contributed by atoms with Crippen molar-refractivity contribution in [1.82, 2.24) is 15.2 Å². The first-order chi connectivity index (χ1) is 12.8. The summed E-state index contributed by atoms with van der Waals surface area (Å²) in [5, 5.41) is 4.53. The third-order valence-corrected chi connectivity index (χ3v) is 4.63. The van der Waals surface area contributed by atoms with E-state index < -0.39 is 0 Å². The summed E-state index contributed by atoms with van der Waals surface area (Å²) in [5.74, 6) is 2.14. The topological polar surface area (TPSA) is 46.6 Å². The Morgan fingerprint density at radius 2 is 1.73 bits per heavy atom. The lowest BCUT2D eigenvalue weighted by Crippen LogP contribution is -2.42. The quantitative estimate of drug-likeness (QED) is 0.764. The van der Waals surface area contributed by atoms with Gasteiger partial charge in [-0.05, 0) is 48.0 Å². The number of ether oxygens (including phenoxy) is 2.